The molecule has 3 aromatic rings. The first-order chi connectivity index (χ1) is 11.2. The first-order valence-electron chi connectivity index (χ1n) is 8.39. The van der Waals surface area contributed by atoms with E-state index in [4.69, 9.17) is 4.98 Å². The number of nitrogens with zero attached hydrogens (tertiary/aromatic N) is 1. The van der Waals surface area contributed by atoms with Gasteiger partial charge in [0.05, 0.1) is 11.2 Å². The Morgan fingerprint density at radius 2 is 1.58 bits per heavy atom. The minimum absolute atomic E-state index is 0.192. The van der Waals surface area contributed by atoms with Gasteiger partial charge in [0.1, 0.15) is 5.82 Å². The molecule has 2 aromatic carbocycles. The van der Waals surface area contributed by atoms with Crippen LogP contribution in [0.3, 0.4) is 0 Å². The molecule has 2 heteroatoms. The van der Waals surface area contributed by atoms with Gasteiger partial charge >= 0.3 is 0 Å². The quantitative estimate of drug-likeness (QED) is 0.544. The standard InChI is InChI=1S/C22H24FN/c1-14-8-15(2)10-17(9-14)20-12-19(23)18-7-6-16(11-21(18)24-20)13-22(3,4)5/h6-12H,13H2,1-5H3. The maximum absolute atomic E-state index is 14.6. The van der Waals surface area contributed by atoms with Gasteiger partial charge in [-0.05, 0) is 55.5 Å². The number of pyridine rings is 1. The number of aryl methyl sites for hydroxylation is 2. The van der Waals surface area contributed by atoms with Crippen molar-refractivity contribution in [2.24, 2.45) is 5.41 Å². The number of halogens is 1. The number of rotatable bonds is 2. The highest BCUT2D eigenvalue weighted by molar-refractivity contribution is 5.83. The molecule has 1 heterocycles. The second-order valence-electron chi connectivity index (χ2n) is 7.95. The van der Waals surface area contributed by atoms with Crippen LogP contribution in [0.4, 0.5) is 4.39 Å². The first kappa shape index (κ1) is 16.6. The Hall–Kier alpha value is -2.22. The van der Waals surface area contributed by atoms with Crippen LogP contribution in [0.2, 0.25) is 0 Å². The molecule has 0 saturated heterocycles. The highest BCUT2D eigenvalue weighted by atomic mass is 19.1. The van der Waals surface area contributed by atoms with Crippen LogP contribution < -0.4 is 0 Å². The molecule has 0 atom stereocenters. The zero-order valence-corrected chi connectivity index (χ0v) is 15.1. The minimum Gasteiger partial charge on any atom is -0.248 e. The van der Waals surface area contributed by atoms with Crippen molar-refractivity contribution in [3.63, 3.8) is 0 Å². The summed E-state index contributed by atoms with van der Waals surface area (Å²) in [5.41, 5.74) is 6.10. The van der Waals surface area contributed by atoms with Crippen molar-refractivity contribution in [2.45, 2.75) is 41.0 Å². The number of hydrogen-bond donors (Lipinski definition) is 0. The molecule has 24 heavy (non-hydrogen) atoms. The van der Waals surface area contributed by atoms with Gasteiger partial charge in [-0.1, -0.05) is 44.0 Å². The van der Waals surface area contributed by atoms with Gasteiger partial charge in [-0.3, -0.25) is 0 Å². The van der Waals surface area contributed by atoms with Crippen molar-refractivity contribution >= 4 is 10.9 Å². The molecule has 1 nitrogen and oxygen atoms in total. The summed E-state index contributed by atoms with van der Waals surface area (Å²) in [5, 5.41) is 0.584. The predicted molar refractivity (Wildman–Crippen MR) is 99.8 cm³/mol. The zero-order valence-electron chi connectivity index (χ0n) is 15.1. The fourth-order valence-electron chi connectivity index (χ4n) is 3.22. The van der Waals surface area contributed by atoms with Gasteiger partial charge < -0.3 is 0 Å². The van der Waals surface area contributed by atoms with Crippen LogP contribution in [0.15, 0.2) is 42.5 Å². The molecule has 0 saturated carbocycles. The lowest BCUT2D eigenvalue weighted by atomic mass is 9.88. The molecule has 0 aliphatic heterocycles. The summed E-state index contributed by atoms with van der Waals surface area (Å²) >= 11 is 0. The number of fused-ring (bicyclic) bond motifs is 1. The Morgan fingerprint density at radius 3 is 2.21 bits per heavy atom. The molecule has 0 bridgehead atoms. The molecule has 3 rings (SSSR count). The van der Waals surface area contributed by atoms with E-state index in [0.717, 1.165) is 28.6 Å². The van der Waals surface area contributed by atoms with Crippen LogP contribution in [0.25, 0.3) is 22.2 Å². The Kier molecular flexibility index (Phi) is 4.16. The predicted octanol–water partition coefficient (Wildman–Crippen LogP) is 6.25. The normalized spacial score (nSPS) is 11.9. The summed E-state index contributed by atoms with van der Waals surface area (Å²) in [4.78, 5) is 4.74. The molecule has 0 aliphatic carbocycles. The molecule has 0 radical (unpaired) electrons. The molecule has 0 amide bonds. The smallest absolute Gasteiger partial charge is 0.134 e. The third-order valence-electron chi connectivity index (χ3n) is 4.08. The number of hydrogen-bond acceptors (Lipinski definition) is 1. The third kappa shape index (κ3) is 3.64. The van der Waals surface area contributed by atoms with E-state index in [9.17, 15) is 4.39 Å². The molecule has 0 N–H and O–H groups in total. The topological polar surface area (TPSA) is 12.9 Å². The Bertz CT molecular complexity index is 883. The van der Waals surface area contributed by atoms with Gasteiger partial charge in [-0.15, -0.1) is 0 Å². The van der Waals surface area contributed by atoms with Crippen molar-refractivity contribution in [1.82, 2.24) is 4.98 Å². The van der Waals surface area contributed by atoms with Crippen LogP contribution in [0.1, 0.15) is 37.5 Å². The second-order valence-corrected chi connectivity index (χ2v) is 7.95. The average Bonchev–Trinajstić information content (AvgIpc) is 2.44. The number of benzene rings is 2. The van der Waals surface area contributed by atoms with Crippen LogP contribution in [-0.2, 0) is 6.42 Å². The van der Waals surface area contributed by atoms with Crippen molar-refractivity contribution < 1.29 is 4.39 Å². The van der Waals surface area contributed by atoms with Gasteiger partial charge in [0.2, 0.25) is 0 Å². The highest BCUT2D eigenvalue weighted by Gasteiger charge is 2.13. The van der Waals surface area contributed by atoms with E-state index >= 15 is 0 Å². The summed E-state index contributed by atoms with van der Waals surface area (Å²) in [6.45, 7) is 10.7. The van der Waals surface area contributed by atoms with Gasteiger partial charge in [-0.25, -0.2) is 9.37 Å². The summed E-state index contributed by atoms with van der Waals surface area (Å²) in [5.74, 6) is -0.212. The molecular weight excluding hydrogens is 297 g/mol. The van der Waals surface area contributed by atoms with E-state index in [1.165, 1.54) is 5.56 Å². The van der Waals surface area contributed by atoms with Gasteiger partial charge in [0.15, 0.2) is 0 Å². The fraction of sp³-hybridized carbons (Fsp3) is 0.318. The maximum Gasteiger partial charge on any atom is 0.134 e. The fourth-order valence-corrected chi connectivity index (χ4v) is 3.22. The zero-order chi connectivity index (χ0) is 17.5. The van der Waals surface area contributed by atoms with Crippen molar-refractivity contribution in [1.29, 1.82) is 0 Å². The van der Waals surface area contributed by atoms with Gasteiger partial charge in [0.25, 0.3) is 0 Å². The van der Waals surface area contributed by atoms with E-state index in [1.807, 2.05) is 18.2 Å². The van der Waals surface area contributed by atoms with Crippen LogP contribution >= 0.6 is 0 Å². The Morgan fingerprint density at radius 1 is 0.917 bits per heavy atom. The summed E-state index contributed by atoms with van der Waals surface area (Å²) in [7, 11) is 0. The van der Waals surface area contributed by atoms with Crippen molar-refractivity contribution in [3.05, 3.63) is 65.0 Å². The summed E-state index contributed by atoms with van der Waals surface area (Å²) in [6, 6.07) is 13.6. The van der Waals surface area contributed by atoms with Crippen LogP contribution in [0, 0.1) is 25.1 Å². The van der Waals surface area contributed by atoms with E-state index < -0.39 is 0 Å². The second kappa shape index (κ2) is 6.01. The van der Waals surface area contributed by atoms with E-state index in [1.54, 1.807) is 6.07 Å². The molecule has 0 spiro atoms. The minimum atomic E-state index is -0.212. The average molecular weight is 321 g/mol. The van der Waals surface area contributed by atoms with E-state index in [0.29, 0.717) is 11.1 Å². The Balaban J connectivity index is 2.13. The lowest BCUT2D eigenvalue weighted by molar-refractivity contribution is 0.411. The summed E-state index contributed by atoms with van der Waals surface area (Å²) in [6.07, 6.45) is 0.944. The van der Waals surface area contributed by atoms with Gasteiger partial charge in [0, 0.05) is 17.0 Å². The molecular formula is C22H24FN. The van der Waals surface area contributed by atoms with Crippen molar-refractivity contribution in [2.75, 3.05) is 0 Å². The largest absolute Gasteiger partial charge is 0.248 e. The van der Waals surface area contributed by atoms with E-state index in [2.05, 4.69) is 52.8 Å². The number of aromatic nitrogens is 1. The molecule has 124 valence electrons. The van der Waals surface area contributed by atoms with Gasteiger partial charge in [-0.2, -0.15) is 0 Å². The summed E-state index contributed by atoms with van der Waals surface area (Å²) < 4.78 is 14.6. The molecule has 0 fully saturated rings. The first-order valence-corrected chi connectivity index (χ1v) is 8.39. The monoisotopic (exact) mass is 321 g/mol. The molecule has 1 aromatic heterocycles. The van der Waals surface area contributed by atoms with Crippen molar-refractivity contribution in [3.8, 4) is 11.3 Å². The maximum atomic E-state index is 14.6. The van der Waals surface area contributed by atoms with E-state index in [-0.39, 0.29) is 11.2 Å². The molecule has 0 unspecified atom stereocenters. The lowest BCUT2D eigenvalue weighted by Crippen LogP contribution is -2.09. The van der Waals surface area contributed by atoms with Crippen LogP contribution in [0.5, 0.6) is 0 Å². The Labute approximate surface area is 143 Å². The van der Waals surface area contributed by atoms with Crippen LogP contribution in [-0.4, -0.2) is 4.98 Å². The third-order valence-corrected chi connectivity index (χ3v) is 4.08. The molecule has 0 aliphatic rings. The SMILES string of the molecule is Cc1cc(C)cc(-c2cc(F)c3ccc(CC(C)(C)C)cc3n2)c1. The highest BCUT2D eigenvalue weighted by Crippen LogP contribution is 2.28. The lowest BCUT2D eigenvalue weighted by Gasteiger charge is -2.18.